The molecule has 1 aromatic rings. The second-order valence-corrected chi connectivity index (χ2v) is 4.14. The van der Waals surface area contributed by atoms with E-state index in [0.717, 1.165) is 17.4 Å². The van der Waals surface area contributed by atoms with Crippen LogP contribution in [0.15, 0.2) is 15.8 Å². The number of carbonyl (C=O) groups excluding carboxylic acids is 1. The summed E-state index contributed by atoms with van der Waals surface area (Å²) in [5, 5.41) is 0. The number of nitrogens with zero attached hydrogens (tertiary/aromatic N) is 2. The highest BCUT2D eigenvalue weighted by Crippen LogP contribution is 1.96. The lowest BCUT2D eigenvalue weighted by molar-refractivity contribution is 0.101. The maximum Gasteiger partial charge on any atom is 0.330 e. The zero-order valence-corrected chi connectivity index (χ0v) is 10.9. The highest BCUT2D eigenvalue weighted by molar-refractivity contribution is 5.93. The van der Waals surface area contributed by atoms with Crippen molar-refractivity contribution in [2.24, 2.45) is 7.05 Å². The molecule has 0 amide bonds. The van der Waals surface area contributed by atoms with Gasteiger partial charge in [-0.2, -0.15) is 0 Å². The molecule has 0 saturated carbocycles. The van der Waals surface area contributed by atoms with Crippen molar-refractivity contribution in [2.45, 2.75) is 26.3 Å². The zero-order chi connectivity index (χ0) is 13.7. The molecule has 0 unspecified atom stereocenters. The van der Waals surface area contributed by atoms with Crippen molar-refractivity contribution in [3.05, 3.63) is 32.6 Å². The van der Waals surface area contributed by atoms with Gasteiger partial charge in [-0.15, -0.1) is 0 Å². The number of aryl methyl sites for hydroxylation is 1. The summed E-state index contributed by atoms with van der Waals surface area (Å²) in [6.07, 6.45) is 2.92. The van der Waals surface area contributed by atoms with Gasteiger partial charge in [-0.25, -0.2) is 4.79 Å². The predicted molar refractivity (Wildman–Crippen MR) is 67.1 cm³/mol. The number of hydrogen-bond donors (Lipinski definition) is 0. The van der Waals surface area contributed by atoms with Crippen molar-refractivity contribution in [1.82, 2.24) is 9.13 Å². The topological polar surface area (TPSA) is 70.3 Å². The summed E-state index contributed by atoms with van der Waals surface area (Å²) in [6, 6.07) is 0. The Balaban J connectivity index is 3.02. The summed E-state index contributed by atoms with van der Waals surface area (Å²) in [5.74, 6) is -0.332. The molecular weight excluding hydrogens is 236 g/mol. The Hall–Kier alpha value is -1.69. The van der Waals surface area contributed by atoms with Crippen LogP contribution >= 0.6 is 0 Å². The number of ketones is 1. The van der Waals surface area contributed by atoms with E-state index in [1.165, 1.54) is 24.7 Å². The molecule has 1 rings (SSSR count). The Morgan fingerprint density at radius 2 is 2.00 bits per heavy atom. The van der Waals surface area contributed by atoms with E-state index >= 15 is 0 Å². The van der Waals surface area contributed by atoms with Gasteiger partial charge in [0.2, 0.25) is 0 Å². The maximum atomic E-state index is 11.8. The van der Waals surface area contributed by atoms with E-state index in [0.29, 0.717) is 13.2 Å². The third-order valence-corrected chi connectivity index (χ3v) is 2.73. The van der Waals surface area contributed by atoms with Crippen molar-refractivity contribution in [1.29, 1.82) is 0 Å². The molecule has 1 heterocycles. The minimum absolute atomic E-state index is 0.0452. The van der Waals surface area contributed by atoms with Crippen molar-refractivity contribution in [2.75, 3.05) is 13.7 Å². The molecule has 0 aliphatic heterocycles. The Labute approximate surface area is 105 Å². The van der Waals surface area contributed by atoms with Crippen LogP contribution in [-0.4, -0.2) is 28.6 Å². The van der Waals surface area contributed by atoms with Crippen LogP contribution in [0, 0.1) is 0 Å². The minimum Gasteiger partial charge on any atom is -0.385 e. The molecule has 0 radical (unpaired) electrons. The lowest BCUT2D eigenvalue weighted by atomic mass is 10.2. The van der Waals surface area contributed by atoms with Gasteiger partial charge in [-0.3, -0.25) is 18.7 Å². The van der Waals surface area contributed by atoms with Crippen molar-refractivity contribution < 1.29 is 9.53 Å². The van der Waals surface area contributed by atoms with Gasteiger partial charge in [0, 0.05) is 33.5 Å². The maximum absolute atomic E-state index is 11.8. The second kappa shape index (κ2) is 6.30. The number of aromatic nitrogens is 2. The van der Waals surface area contributed by atoms with Gasteiger partial charge < -0.3 is 4.74 Å². The highest BCUT2D eigenvalue weighted by Gasteiger charge is 2.11. The third-order valence-electron chi connectivity index (χ3n) is 2.73. The second-order valence-electron chi connectivity index (χ2n) is 4.14. The molecule has 0 aliphatic rings. The van der Waals surface area contributed by atoms with Crippen molar-refractivity contribution in [3.63, 3.8) is 0 Å². The fraction of sp³-hybridized carbons (Fsp3) is 0.583. The molecule has 6 heteroatoms. The molecule has 0 bridgehead atoms. The van der Waals surface area contributed by atoms with Gasteiger partial charge in [-0.05, 0) is 19.8 Å². The van der Waals surface area contributed by atoms with Gasteiger partial charge in [0.1, 0.15) is 0 Å². The fourth-order valence-corrected chi connectivity index (χ4v) is 1.66. The summed E-state index contributed by atoms with van der Waals surface area (Å²) in [5.41, 5.74) is -0.896. The van der Waals surface area contributed by atoms with Gasteiger partial charge in [0.15, 0.2) is 5.78 Å². The van der Waals surface area contributed by atoms with Gasteiger partial charge in [0.05, 0.1) is 5.56 Å². The molecule has 0 aliphatic carbocycles. The van der Waals surface area contributed by atoms with E-state index in [9.17, 15) is 14.4 Å². The number of carbonyl (C=O) groups is 1. The quantitative estimate of drug-likeness (QED) is 0.536. The minimum atomic E-state index is -0.541. The van der Waals surface area contributed by atoms with Crippen LogP contribution in [0.3, 0.4) is 0 Å². The number of rotatable bonds is 6. The Morgan fingerprint density at radius 3 is 2.56 bits per heavy atom. The van der Waals surface area contributed by atoms with Crippen LogP contribution in [0.5, 0.6) is 0 Å². The molecule has 0 spiro atoms. The molecule has 0 aromatic carbocycles. The monoisotopic (exact) mass is 254 g/mol. The molecule has 18 heavy (non-hydrogen) atoms. The van der Waals surface area contributed by atoms with E-state index in [2.05, 4.69) is 0 Å². The molecule has 0 fully saturated rings. The summed E-state index contributed by atoms with van der Waals surface area (Å²) < 4.78 is 7.28. The van der Waals surface area contributed by atoms with E-state index in [1.54, 1.807) is 7.11 Å². The average molecular weight is 254 g/mol. The number of ether oxygens (including phenoxy) is 1. The SMILES string of the molecule is COCCCCn1cc(C(C)=O)c(=O)n(C)c1=O. The van der Waals surface area contributed by atoms with Crippen molar-refractivity contribution >= 4 is 5.78 Å². The molecule has 1 aromatic heterocycles. The van der Waals surface area contributed by atoms with Crippen molar-refractivity contribution in [3.8, 4) is 0 Å². The first-order valence-corrected chi connectivity index (χ1v) is 5.79. The Morgan fingerprint density at radius 1 is 1.33 bits per heavy atom. The largest absolute Gasteiger partial charge is 0.385 e. The van der Waals surface area contributed by atoms with Crippen LogP contribution in [0.25, 0.3) is 0 Å². The van der Waals surface area contributed by atoms with Gasteiger partial charge in [0.25, 0.3) is 5.56 Å². The van der Waals surface area contributed by atoms with E-state index in [-0.39, 0.29) is 11.3 Å². The molecule has 6 nitrogen and oxygen atoms in total. The average Bonchev–Trinajstić information content (AvgIpc) is 2.33. The van der Waals surface area contributed by atoms with Crippen LogP contribution < -0.4 is 11.2 Å². The lowest BCUT2D eigenvalue weighted by Crippen LogP contribution is -2.40. The van der Waals surface area contributed by atoms with Gasteiger partial charge >= 0.3 is 5.69 Å². The normalized spacial score (nSPS) is 10.6. The zero-order valence-electron chi connectivity index (χ0n) is 10.9. The first-order chi connectivity index (χ1) is 8.49. The van der Waals surface area contributed by atoms with Crippen LogP contribution in [0.1, 0.15) is 30.1 Å². The number of unbranched alkanes of at least 4 members (excludes halogenated alkanes) is 1. The van der Waals surface area contributed by atoms with Gasteiger partial charge in [-0.1, -0.05) is 0 Å². The fourth-order valence-electron chi connectivity index (χ4n) is 1.66. The molecule has 0 N–H and O–H groups in total. The smallest absolute Gasteiger partial charge is 0.330 e. The number of hydrogen-bond acceptors (Lipinski definition) is 4. The molecular formula is C12H18N2O4. The highest BCUT2D eigenvalue weighted by atomic mass is 16.5. The Bertz CT molecular complexity index is 542. The van der Waals surface area contributed by atoms with Crippen LogP contribution in [0.4, 0.5) is 0 Å². The van der Waals surface area contributed by atoms with E-state index in [1.807, 2.05) is 0 Å². The number of methoxy groups -OCH3 is 1. The third kappa shape index (κ3) is 3.16. The van der Waals surface area contributed by atoms with Crippen LogP contribution in [0.2, 0.25) is 0 Å². The van der Waals surface area contributed by atoms with Crippen LogP contribution in [-0.2, 0) is 18.3 Å². The lowest BCUT2D eigenvalue weighted by Gasteiger charge is -2.09. The summed E-state index contributed by atoms with van der Waals surface area (Å²) in [7, 11) is 3.00. The summed E-state index contributed by atoms with van der Waals surface area (Å²) in [4.78, 5) is 34.8. The standard InChI is InChI=1S/C12H18N2O4/c1-9(15)10-8-14(6-4-5-7-18-3)12(17)13(2)11(10)16/h8H,4-7H2,1-3H3. The molecule has 0 saturated heterocycles. The first-order valence-electron chi connectivity index (χ1n) is 5.79. The van der Waals surface area contributed by atoms with E-state index in [4.69, 9.17) is 4.74 Å². The summed E-state index contributed by atoms with van der Waals surface area (Å²) in [6.45, 7) is 2.41. The first kappa shape index (κ1) is 14.4. The molecule has 100 valence electrons. The summed E-state index contributed by atoms with van der Waals surface area (Å²) >= 11 is 0. The molecule has 0 atom stereocenters. The van der Waals surface area contributed by atoms with E-state index < -0.39 is 11.2 Å². The number of Topliss-reactive ketones (excluding diaryl/α,β-unsaturated/α-hetero) is 1. The Kier molecular flexibility index (Phi) is 5.03. The predicted octanol–water partition coefficient (Wildman–Crippen LogP) is 0.176.